The fourth-order valence-corrected chi connectivity index (χ4v) is 2.12. The van der Waals surface area contributed by atoms with E-state index in [1.165, 1.54) is 7.11 Å². The molecule has 0 aromatic carbocycles. The van der Waals surface area contributed by atoms with Crippen molar-refractivity contribution >= 4 is 11.9 Å². The molecule has 1 amide bonds. The highest BCUT2D eigenvalue weighted by molar-refractivity contribution is 5.86. The van der Waals surface area contributed by atoms with Gasteiger partial charge in [-0.15, -0.1) is 0 Å². The fourth-order valence-electron chi connectivity index (χ4n) is 2.12. The highest BCUT2D eigenvalue weighted by atomic mass is 16.5. The lowest BCUT2D eigenvalue weighted by Crippen LogP contribution is -2.50. The topological polar surface area (TPSA) is 46.6 Å². The van der Waals surface area contributed by atoms with Crippen LogP contribution in [-0.4, -0.2) is 36.5 Å². The largest absolute Gasteiger partial charge is 0.467 e. The summed E-state index contributed by atoms with van der Waals surface area (Å²) in [7, 11) is 1.38. The van der Waals surface area contributed by atoms with Gasteiger partial charge in [-0.3, -0.25) is 4.79 Å². The van der Waals surface area contributed by atoms with Gasteiger partial charge in [-0.25, -0.2) is 4.79 Å². The molecule has 0 saturated carbocycles. The number of carbonyl (C=O) groups excluding carboxylic acids is 2. The van der Waals surface area contributed by atoms with Gasteiger partial charge in [-0.2, -0.15) is 0 Å². The van der Waals surface area contributed by atoms with Gasteiger partial charge >= 0.3 is 5.97 Å². The first-order chi connectivity index (χ1) is 7.99. The van der Waals surface area contributed by atoms with Crippen LogP contribution in [0.4, 0.5) is 0 Å². The Hall–Kier alpha value is -1.06. The van der Waals surface area contributed by atoms with E-state index in [2.05, 4.69) is 0 Å². The predicted octanol–water partition coefficient (Wildman–Crippen LogP) is 1.83. The molecule has 1 rings (SSSR count). The number of likely N-dealkylation sites (tertiary alicyclic amines) is 1. The number of esters is 1. The average molecular weight is 241 g/mol. The van der Waals surface area contributed by atoms with Crippen molar-refractivity contribution in [3.8, 4) is 0 Å². The number of piperidine rings is 1. The monoisotopic (exact) mass is 241 g/mol. The standard InChI is InChI=1S/C13H23NO3/c1-9(2)10(3)12(15)14-8-6-5-7-11(14)13(16)17-4/h9-11H,5-8H2,1-4H3/t10?,11-/m1/s1. The summed E-state index contributed by atoms with van der Waals surface area (Å²) in [5, 5.41) is 0. The number of rotatable bonds is 3. The summed E-state index contributed by atoms with van der Waals surface area (Å²) < 4.78 is 4.78. The van der Waals surface area contributed by atoms with Crippen molar-refractivity contribution in [3.63, 3.8) is 0 Å². The summed E-state index contributed by atoms with van der Waals surface area (Å²) in [6.45, 7) is 6.66. The molecule has 0 aromatic rings. The van der Waals surface area contributed by atoms with Crippen molar-refractivity contribution in [1.29, 1.82) is 0 Å². The molecule has 1 heterocycles. The molecule has 17 heavy (non-hydrogen) atoms. The summed E-state index contributed by atoms with van der Waals surface area (Å²) in [5.74, 6) is 0.0482. The number of amides is 1. The molecule has 4 nitrogen and oxygen atoms in total. The van der Waals surface area contributed by atoms with Gasteiger partial charge in [0, 0.05) is 12.5 Å². The third kappa shape index (κ3) is 3.20. The molecular weight excluding hydrogens is 218 g/mol. The van der Waals surface area contributed by atoms with E-state index in [0.717, 1.165) is 19.3 Å². The molecule has 1 unspecified atom stereocenters. The van der Waals surface area contributed by atoms with Crippen LogP contribution in [-0.2, 0) is 14.3 Å². The van der Waals surface area contributed by atoms with Crippen molar-refractivity contribution in [2.45, 2.75) is 46.1 Å². The van der Waals surface area contributed by atoms with Crippen LogP contribution in [0, 0.1) is 11.8 Å². The van der Waals surface area contributed by atoms with Crippen LogP contribution in [0.25, 0.3) is 0 Å². The molecule has 0 N–H and O–H groups in total. The van der Waals surface area contributed by atoms with Crippen LogP contribution in [0.15, 0.2) is 0 Å². The van der Waals surface area contributed by atoms with Crippen LogP contribution in [0.3, 0.4) is 0 Å². The van der Waals surface area contributed by atoms with Crippen molar-refractivity contribution in [1.82, 2.24) is 4.90 Å². The highest BCUT2D eigenvalue weighted by Crippen LogP contribution is 2.22. The van der Waals surface area contributed by atoms with Crippen LogP contribution in [0.2, 0.25) is 0 Å². The summed E-state index contributed by atoms with van der Waals surface area (Å²) >= 11 is 0. The van der Waals surface area contributed by atoms with Crippen LogP contribution < -0.4 is 0 Å². The Bertz CT molecular complexity index is 288. The molecule has 0 aliphatic carbocycles. The molecule has 0 bridgehead atoms. The molecular formula is C13H23NO3. The Morgan fingerprint density at radius 2 is 1.88 bits per heavy atom. The average Bonchev–Trinajstić information content (AvgIpc) is 2.35. The fraction of sp³-hybridized carbons (Fsp3) is 0.846. The van der Waals surface area contributed by atoms with Crippen molar-refractivity contribution in [2.24, 2.45) is 11.8 Å². The summed E-state index contributed by atoms with van der Waals surface area (Å²) in [6.07, 6.45) is 2.69. The normalized spacial score (nSPS) is 22.4. The zero-order valence-corrected chi connectivity index (χ0v) is 11.2. The zero-order chi connectivity index (χ0) is 13.0. The first kappa shape index (κ1) is 14.0. The zero-order valence-electron chi connectivity index (χ0n) is 11.2. The van der Waals surface area contributed by atoms with E-state index in [4.69, 9.17) is 4.74 Å². The summed E-state index contributed by atoms with van der Waals surface area (Å²) in [5.41, 5.74) is 0. The second kappa shape index (κ2) is 6.03. The molecule has 0 aromatic heterocycles. The number of nitrogens with zero attached hydrogens (tertiary/aromatic N) is 1. The third-order valence-electron chi connectivity index (χ3n) is 3.65. The lowest BCUT2D eigenvalue weighted by atomic mass is 9.93. The van der Waals surface area contributed by atoms with Crippen LogP contribution >= 0.6 is 0 Å². The predicted molar refractivity (Wildman–Crippen MR) is 65.4 cm³/mol. The minimum atomic E-state index is -0.373. The van der Waals surface area contributed by atoms with E-state index in [-0.39, 0.29) is 23.8 Å². The lowest BCUT2D eigenvalue weighted by Gasteiger charge is -2.36. The highest BCUT2D eigenvalue weighted by Gasteiger charge is 2.35. The van der Waals surface area contributed by atoms with Crippen molar-refractivity contribution in [3.05, 3.63) is 0 Å². The number of methoxy groups -OCH3 is 1. The van der Waals surface area contributed by atoms with Gasteiger partial charge in [0.05, 0.1) is 7.11 Å². The molecule has 1 saturated heterocycles. The molecule has 1 aliphatic heterocycles. The van der Waals surface area contributed by atoms with Crippen LogP contribution in [0.1, 0.15) is 40.0 Å². The van der Waals surface area contributed by atoms with E-state index >= 15 is 0 Å². The number of ether oxygens (including phenoxy) is 1. The van der Waals surface area contributed by atoms with E-state index < -0.39 is 0 Å². The van der Waals surface area contributed by atoms with Gasteiger partial charge in [-0.05, 0) is 25.2 Å². The van der Waals surface area contributed by atoms with E-state index in [0.29, 0.717) is 12.5 Å². The molecule has 4 heteroatoms. The maximum absolute atomic E-state index is 12.3. The molecule has 1 aliphatic rings. The third-order valence-corrected chi connectivity index (χ3v) is 3.65. The Morgan fingerprint density at radius 1 is 1.24 bits per heavy atom. The lowest BCUT2D eigenvalue weighted by molar-refractivity contribution is -0.156. The first-order valence-corrected chi connectivity index (χ1v) is 6.37. The SMILES string of the molecule is COC(=O)[C@H]1CCCCN1C(=O)C(C)C(C)C. The van der Waals surface area contributed by atoms with Gasteiger partial charge in [-0.1, -0.05) is 20.8 Å². The van der Waals surface area contributed by atoms with Gasteiger partial charge in [0.25, 0.3) is 0 Å². The molecule has 2 atom stereocenters. The Balaban J connectivity index is 2.77. The maximum Gasteiger partial charge on any atom is 0.328 e. The van der Waals surface area contributed by atoms with Crippen LogP contribution in [0.5, 0.6) is 0 Å². The Kier molecular flexibility index (Phi) is 4.97. The summed E-state index contributed by atoms with van der Waals surface area (Å²) in [6, 6.07) is -0.373. The van der Waals surface area contributed by atoms with Gasteiger partial charge in [0.15, 0.2) is 0 Å². The van der Waals surface area contributed by atoms with E-state index in [1.807, 2.05) is 20.8 Å². The van der Waals surface area contributed by atoms with Crippen molar-refractivity contribution in [2.75, 3.05) is 13.7 Å². The van der Waals surface area contributed by atoms with Crippen molar-refractivity contribution < 1.29 is 14.3 Å². The molecule has 98 valence electrons. The van der Waals surface area contributed by atoms with E-state index in [9.17, 15) is 9.59 Å². The van der Waals surface area contributed by atoms with E-state index in [1.54, 1.807) is 4.90 Å². The molecule has 0 spiro atoms. The van der Waals surface area contributed by atoms with Gasteiger partial charge in [0.1, 0.15) is 6.04 Å². The first-order valence-electron chi connectivity index (χ1n) is 6.37. The van der Waals surface area contributed by atoms with Gasteiger partial charge < -0.3 is 9.64 Å². The van der Waals surface area contributed by atoms with Gasteiger partial charge in [0.2, 0.25) is 5.91 Å². The Labute approximate surface area is 103 Å². The molecule has 1 fully saturated rings. The minimum absolute atomic E-state index is 0.0414. The minimum Gasteiger partial charge on any atom is -0.467 e. The second-order valence-electron chi connectivity index (χ2n) is 5.10. The molecule has 0 radical (unpaired) electrons. The maximum atomic E-state index is 12.3. The summed E-state index contributed by atoms with van der Waals surface area (Å²) in [4.78, 5) is 25.7. The Morgan fingerprint density at radius 3 is 2.41 bits per heavy atom. The quantitative estimate of drug-likeness (QED) is 0.708. The second-order valence-corrected chi connectivity index (χ2v) is 5.10. The number of hydrogen-bond acceptors (Lipinski definition) is 3. The number of carbonyl (C=O) groups is 2. The smallest absolute Gasteiger partial charge is 0.328 e. The number of hydrogen-bond donors (Lipinski definition) is 0.